The smallest absolute Gasteiger partial charge is 0.358 e. The average molecular weight is 834 g/mol. The van der Waals surface area contributed by atoms with Gasteiger partial charge in [-0.3, -0.25) is 10.1 Å². The lowest BCUT2D eigenvalue weighted by Crippen LogP contribution is -2.82. The SMILES string of the molecule is Cl.O=[N+]([O-])C1(N(C2CCCC2)[N+]2(C3CCCC3)c3ccccc3NC2(c2ccc(OCc3ccccc3)cc2)c2ccc(OCc3ccccc3)cc2)C=CC2=NC=NC2=C1. The van der Waals surface area contributed by atoms with Gasteiger partial charge in [-0.05, 0) is 97.5 Å². The van der Waals surface area contributed by atoms with E-state index in [0.717, 1.165) is 96.5 Å². The molecular formula is C50H50ClN6O4+. The van der Waals surface area contributed by atoms with Gasteiger partial charge in [-0.1, -0.05) is 90.6 Å². The Morgan fingerprint density at radius 1 is 0.721 bits per heavy atom. The van der Waals surface area contributed by atoms with E-state index in [1.165, 1.54) is 6.34 Å². The number of aliphatic imine (C=N–C) groups is 2. The molecule has 0 bridgehead atoms. The van der Waals surface area contributed by atoms with Gasteiger partial charge in [-0.2, -0.15) is 4.59 Å². The zero-order chi connectivity index (χ0) is 40.6. The molecule has 2 unspecified atom stereocenters. The van der Waals surface area contributed by atoms with Crippen molar-refractivity contribution in [2.24, 2.45) is 9.98 Å². The molecule has 5 aromatic carbocycles. The molecule has 2 saturated carbocycles. The molecule has 310 valence electrons. The fraction of sp³-hybridized carbons (Fsp3) is 0.280. The summed E-state index contributed by atoms with van der Waals surface area (Å²) in [5.41, 5.74) is 4.46. The van der Waals surface area contributed by atoms with Gasteiger partial charge in [0.25, 0.3) is 0 Å². The molecule has 1 N–H and O–H groups in total. The van der Waals surface area contributed by atoms with Gasteiger partial charge in [0.2, 0.25) is 5.66 Å². The number of fused-ring (bicyclic) bond motifs is 2. The monoisotopic (exact) mass is 833 g/mol. The van der Waals surface area contributed by atoms with Gasteiger partial charge in [0, 0.05) is 42.2 Å². The Labute approximate surface area is 363 Å². The minimum absolute atomic E-state index is 0. The summed E-state index contributed by atoms with van der Waals surface area (Å²) in [6.45, 7) is 0.883. The van der Waals surface area contributed by atoms with E-state index in [1.807, 2.05) is 66.7 Å². The van der Waals surface area contributed by atoms with Crippen LogP contribution < -0.4 is 19.4 Å². The molecule has 0 aromatic heterocycles. The Kier molecular flexibility index (Phi) is 11.1. The van der Waals surface area contributed by atoms with Crippen molar-refractivity contribution in [3.63, 3.8) is 0 Å². The minimum Gasteiger partial charge on any atom is -0.489 e. The maximum absolute atomic E-state index is 14.4. The van der Waals surface area contributed by atoms with E-state index < -0.39 is 11.3 Å². The lowest BCUT2D eigenvalue weighted by atomic mass is 9.85. The molecule has 3 aliphatic carbocycles. The van der Waals surface area contributed by atoms with Crippen LogP contribution in [0.3, 0.4) is 0 Å². The number of benzene rings is 5. The highest BCUT2D eigenvalue weighted by molar-refractivity contribution is 6.15. The standard InChI is InChI=1S/C50H49N6O4.ClH/c57-55(58)49(32-31-45-47(33-49)52-36-51-45)54(41-17-7-8-18-41)56(42-19-9-10-20-42)48-22-12-11-21-46(48)53-50(56,39-23-27-43(28-24-39)59-34-37-13-3-1-4-14-37)40-25-29-44(30-26-40)60-35-38-15-5-2-6-16-38;/h1-6,11-16,21-33,36,41-42,53H,7-10,17-20,34-35H2;1H/q+1;. The first kappa shape index (κ1) is 40.3. The van der Waals surface area contributed by atoms with Crippen LogP contribution in [0.15, 0.2) is 167 Å². The van der Waals surface area contributed by atoms with Crippen molar-refractivity contribution < 1.29 is 14.4 Å². The molecule has 2 fully saturated rings. The van der Waals surface area contributed by atoms with E-state index in [-0.39, 0.29) is 34.0 Å². The van der Waals surface area contributed by atoms with Crippen molar-refractivity contribution in [1.29, 1.82) is 0 Å². The second-order valence-corrected chi connectivity index (χ2v) is 16.5. The van der Waals surface area contributed by atoms with Crippen LogP contribution in [0, 0.1) is 10.1 Å². The first-order valence-electron chi connectivity index (χ1n) is 21.3. The molecule has 0 radical (unpaired) electrons. The maximum atomic E-state index is 14.4. The average Bonchev–Trinajstić information content (AvgIpc) is 4.15. The number of anilines is 1. The van der Waals surface area contributed by atoms with E-state index in [1.54, 1.807) is 12.2 Å². The number of nitrogens with zero attached hydrogens (tertiary/aromatic N) is 5. The molecule has 10 rings (SSSR count). The highest BCUT2D eigenvalue weighted by Gasteiger charge is 2.74. The van der Waals surface area contributed by atoms with E-state index in [4.69, 9.17) is 9.47 Å². The third-order valence-corrected chi connectivity index (χ3v) is 13.2. The lowest BCUT2D eigenvalue weighted by Gasteiger charge is -2.58. The Balaban J connectivity index is 0.00000476. The molecule has 2 atom stereocenters. The quantitative estimate of drug-likeness (QED) is 0.0549. The van der Waals surface area contributed by atoms with Crippen molar-refractivity contribution in [1.82, 2.24) is 9.60 Å². The molecule has 11 heteroatoms. The van der Waals surface area contributed by atoms with Crippen LogP contribution in [0.1, 0.15) is 73.6 Å². The number of rotatable bonds is 13. The van der Waals surface area contributed by atoms with Crippen molar-refractivity contribution >= 4 is 35.8 Å². The highest BCUT2D eigenvalue weighted by Crippen LogP contribution is 2.62. The Hall–Kier alpha value is -6.07. The van der Waals surface area contributed by atoms with Crippen LogP contribution in [0.4, 0.5) is 11.4 Å². The van der Waals surface area contributed by atoms with Crippen LogP contribution in [0.2, 0.25) is 0 Å². The summed E-state index contributed by atoms with van der Waals surface area (Å²) in [6, 6.07) is 45.5. The summed E-state index contributed by atoms with van der Waals surface area (Å²) in [4.78, 5) is 23.3. The van der Waals surface area contributed by atoms with Gasteiger partial charge in [-0.15, -0.1) is 12.4 Å². The van der Waals surface area contributed by atoms with E-state index in [0.29, 0.717) is 24.6 Å². The number of halogens is 1. The molecule has 5 aromatic rings. The number of hydrogen-bond donors (Lipinski definition) is 1. The summed E-state index contributed by atoms with van der Waals surface area (Å²) in [7, 11) is 0. The van der Waals surface area contributed by atoms with Crippen molar-refractivity contribution in [3.05, 3.63) is 190 Å². The summed E-state index contributed by atoms with van der Waals surface area (Å²) in [5, 5.41) is 20.8. The van der Waals surface area contributed by atoms with E-state index >= 15 is 0 Å². The van der Waals surface area contributed by atoms with Crippen molar-refractivity contribution in [2.45, 2.75) is 88.0 Å². The minimum atomic E-state index is -1.75. The van der Waals surface area contributed by atoms with Gasteiger partial charge in [-0.25, -0.2) is 9.98 Å². The molecule has 10 nitrogen and oxygen atoms in total. The van der Waals surface area contributed by atoms with Crippen LogP contribution in [-0.2, 0) is 18.9 Å². The van der Waals surface area contributed by atoms with E-state index in [9.17, 15) is 10.1 Å². The fourth-order valence-electron chi connectivity index (χ4n) is 10.6. The zero-order valence-corrected chi connectivity index (χ0v) is 34.8. The number of nitro groups is 1. The first-order chi connectivity index (χ1) is 29.5. The maximum Gasteiger partial charge on any atom is 0.358 e. The Morgan fingerprint density at radius 2 is 1.26 bits per heavy atom. The molecule has 0 amide bonds. The first-order valence-corrected chi connectivity index (χ1v) is 21.3. The molecule has 2 aliphatic heterocycles. The molecule has 0 saturated heterocycles. The van der Waals surface area contributed by atoms with Crippen LogP contribution in [0.25, 0.3) is 0 Å². The number of nitrogens with one attached hydrogen (secondary N) is 1. The number of para-hydroxylation sites is 2. The molecular weight excluding hydrogens is 784 g/mol. The number of hydrogen-bond acceptors (Lipinski definition) is 8. The zero-order valence-electron chi connectivity index (χ0n) is 34.0. The van der Waals surface area contributed by atoms with Crippen molar-refractivity contribution in [3.8, 4) is 11.5 Å². The molecule has 61 heavy (non-hydrogen) atoms. The second kappa shape index (κ2) is 16.8. The summed E-state index contributed by atoms with van der Waals surface area (Å²) in [6.07, 6.45) is 14.4. The Bertz CT molecular complexity index is 2390. The van der Waals surface area contributed by atoms with Gasteiger partial charge in [0.1, 0.15) is 42.8 Å². The van der Waals surface area contributed by atoms with Crippen LogP contribution >= 0.6 is 12.4 Å². The van der Waals surface area contributed by atoms with Crippen LogP contribution in [0.5, 0.6) is 11.5 Å². The fourth-order valence-corrected chi connectivity index (χ4v) is 10.6. The topological polar surface area (TPSA) is 102 Å². The van der Waals surface area contributed by atoms with Crippen molar-refractivity contribution in [2.75, 3.05) is 5.32 Å². The largest absolute Gasteiger partial charge is 0.489 e. The van der Waals surface area contributed by atoms with Gasteiger partial charge in [0.15, 0.2) is 5.69 Å². The van der Waals surface area contributed by atoms with Gasteiger partial charge < -0.3 is 14.8 Å². The molecule has 5 aliphatic rings. The number of quaternary nitrogens is 1. The number of allylic oxidation sites excluding steroid dienone is 1. The summed E-state index contributed by atoms with van der Waals surface area (Å²) >= 11 is 0. The van der Waals surface area contributed by atoms with Gasteiger partial charge in [0.05, 0.1) is 22.4 Å². The lowest BCUT2D eigenvalue weighted by molar-refractivity contribution is -0.588. The van der Waals surface area contributed by atoms with Gasteiger partial charge >= 0.3 is 5.66 Å². The highest BCUT2D eigenvalue weighted by atomic mass is 35.5. The summed E-state index contributed by atoms with van der Waals surface area (Å²) in [5.74, 6) is 1.49. The third-order valence-electron chi connectivity index (χ3n) is 13.2. The Morgan fingerprint density at radius 3 is 1.84 bits per heavy atom. The normalized spacial score (nSPS) is 22.5. The molecule has 2 heterocycles. The predicted molar refractivity (Wildman–Crippen MR) is 244 cm³/mol. The predicted octanol–water partition coefficient (Wildman–Crippen LogP) is 10.9. The second-order valence-electron chi connectivity index (χ2n) is 16.5. The third kappa shape index (κ3) is 6.83. The molecule has 0 spiro atoms. The van der Waals surface area contributed by atoms with E-state index in [2.05, 4.69) is 93.1 Å². The summed E-state index contributed by atoms with van der Waals surface area (Å²) < 4.78 is 12.9. The van der Waals surface area contributed by atoms with Crippen LogP contribution in [-0.4, -0.2) is 39.7 Å². The number of ether oxygens (including phenoxy) is 2.